The van der Waals surface area contributed by atoms with Gasteiger partial charge in [0, 0.05) is 12.1 Å². The Labute approximate surface area is 115 Å². The predicted molar refractivity (Wildman–Crippen MR) is 76.8 cm³/mol. The van der Waals surface area contributed by atoms with Gasteiger partial charge in [0.1, 0.15) is 11.9 Å². The molecule has 1 aliphatic rings. The molecule has 0 saturated carbocycles. The Morgan fingerprint density at radius 2 is 2.11 bits per heavy atom. The van der Waals surface area contributed by atoms with Crippen LogP contribution in [0.4, 0.5) is 0 Å². The topological polar surface area (TPSA) is 29.5 Å². The number of hydrogen-bond donors (Lipinski definition) is 0. The molecule has 1 aromatic rings. The Morgan fingerprint density at radius 1 is 1.37 bits per heavy atom. The quantitative estimate of drug-likeness (QED) is 0.763. The normalized spacial score (nSPS) is 20.2. The summed E-state index contributed by atoms with van der Waals surface area (Å²) in [6.07, 6.45) is 3.80. The number of Topliss-reactive ketones (excluding diaryl/α,β-unsaturated/α-hetero) is 1. The number of likely N-dealkylation sites (tertiary alicyclic amines) is 1. The second kappa shape index (κ2) is 6.71. The molecule has 1 saturated heterocycles. The molecule has 0 radical (unpaired) electrons. The second-order valence-corrected chi connectivity index (χ2v) is 5.26. The lowest BCUT2D eigenvalue weighted by molar-refractivity contribution is 0.0886. The monoisotopic (exact) mass is 261 g/mol. The number of benzene rings is 1. The molecule has 1 fully saturated rings. The average Bonchev–Trinajstić information content (AvgIpc) is 2.40. The molecule has 1 aromatic carbocycles. The molecule has 1 unspecified atom stereocenters. The van der Waals surface area contributed by atoms with Crippen molar-refractivity contribution in [2.75, 3.05) is 19.6 Å². The smallest absolute Gasteiger partial charge is 0.159 e. The maximum absolute atomic E-state index is 11.2. The number of hydrogen-bond acceptors (Lipinski definition) is 3. The summed E-state index contributed by atoms with van der Waals surface area (Å²) < 4.78 is 6.01. The molecule has 1 atom stereocenters. The summed E-state index contributed by atoms with van der Waals surface area (Å²) >= 11 is 0. The van der Waals surface area contributed by atoms with E-state index in [1.54, 1.807) is 6.92 Å². The summed E-state index contributed by atoms with van der Waals surface area (Å²) in [5.41, 5.74) is 0.739. The minimum atomic E-state index is 0.0957. The molecule has 0 spiro atoms. The van der Waals surface area contributed by atoms with Gasteiger partial charge in [0.15, 0.2) is 5.78 Å². The largest absolute Gasteiger partial charge is 0.489 e. The van der Waals surface area contributed by atoms with Crippen molar-refractivity contribution in [2.45, 2.75) is 39.2 Å². The molecular weight excluding hydrogens is 238 g/mol. The van der Waals surface area contributed by atoms with Crippen LogP contribution in [0.2, 0.25) is 0 Å². The molecule has 0 amide bonds. The molecule has 0 aliphatic carbocycles. The van der Waals surface area contributed by atoms with Crippen LogP contribution < -0.4 is 4.74 Å². The highest BCUT2D eigenvalue weighted by molar-refractivity contribution is 5.94. The molecule has 1 aliphatic heterocycles. The lowest BCUT2D eigenvalue weighted by Gasteiger charge is -2.32. The van der Waals surface area contributed by atoms with Crippen molar-refractivity contribution in [3.05, 3.63) is 29.8 Å². The number of nitrogens with zero attached hydrogens (tertiary/aromatic N) is 1. The van der Waals surface area contributed by atoms with Gasteiger partial charge in [-0.15, -0.1) is 0 Å². The maximum atomic E-state index is 11.2. The van der Waals surface area contributed by atoms with E-state index in [4.69, 9.17) is 4.74 Å². The first-order valence-corrected chi connectivity index (χ1v) is 7.19. The van der Waals surface area contributed by atoms with Crippen LogP contribution in [0.3, 0.4) is 0 Å². The van der Waals surface area contributed by atoms with E-state index in [9.17, 15) is 4.79 Å². The summed E-state index contributed by atoms with van der Waals surface area (Å²) in [7, 11) is 0. The molecule has 104 valence electrons. The SMILES string of the molecule is CCCN1CCCC(Oc2ccc(C(C)=O)cc2)C1. The van der Waals surface area contributed by atoms with Gasteiger partial charge in [-0.3, -0.25) is 9.69 Å². The van der Waals surface area contributed by atoms with Crippen LogP contribution in [0, 0.1) is 0 Å². The Morgan fingerprint density at radius 3 is 2.74 bits per heavy atom. The number of carbonyl (C=O) groups is 1. The first kappa shape index (κ1) is 14.1. The van der Waals surface area contributed by atoms with E-state index in [-0.39, 0.29) is 11.9 Å². The summed E-state index contributed by atoms with van der Waals surface area (Å²) in [4.78, 5) is 13.7. The highest BCUT2D eigenvalue weighted by Crippen LogP contribution is 2.19. The number of rotatable bonds is 5. The summed E-state index contributed by atoms with van der Waals surface area (Å²) in [5.74, 6) is 0.965. The number of ketones is 1. The van der Waals surface area contributed by atoms with E-state index >= 15 is 0 Å². The number of piperidine rings is 1. The highest BCUT2D eigenvalue weighted by Gasteiger charge is 2.20. The third-order valence-electron chi connectivity index (χ3n) is 3.57. The third-order valence-corrected chi connectivity index (χ3v) is 3.57. The first-order chi connectivity index (χ1) is 9.19. The molecule has 3 heteroatoms. The fraction of sp³-hybridized carbons (Fsp3) is 0.562. The van der Waals surface area contributed by atoms with Crippen LogP contribution in [-0.4, -0.2) is 36.4 Å². The maximum Gasteiger partial charge on any atom is 0.159 e. The van der Waals surface area contributed by atoms with E-state index in [0.717, 1.165) is 30.8 Å². The minimum Gasteiger partial charge on any atom is -0.489 e. The van der Waals surface area contributed by atoms with Crippen molar-refractivity contribution in [3.8, 4) is 5.75 Å². The van der Waals surface area contributed by atoms with Gasteiger partial charge in [0.2, 0.25) is 0 Å². The lowest BCUT2D eigenvalue weighted by atomic mass is 10.1. The van der Waals surface area contributed by atoms with Gasteiger partial charge in [0.05, 0.1) is 0 Å². The highest BCUT2D eigenvalue weighted by atomic mass is 16.5. The van der Waals surface area contributed by atoms with Gasteiger partial charge in [-0.2, -0.15) is 0 Å². The van der Waals surface area contributed by atoms with E-state index in [1.807, 2.05) is 24.3 Å². The zero-order valence-electron chi connectivity index (χ0n) is 11.9. The lowest BCUT2D eigenvalue weighted by Crippen LogP contribution is -2.41. The summed E-state index contributed by atoms with van der Waals surface area (Å²) in [6.45, 7) is 7.16. The van der Waals surface area contributed by atoms with Crippen molar-refractivity contribution in [3.63, 3.8) is 0 Å². The van der Waals surface area contributed by atoms with Crippen LogP contribution in [0.25, 0.3) is 0 Å². The number of ether oxygens (including phenoxy) is 1. The fourth-order valence-corrected chi connectivity index (χ4v) is 2.59. The van der Waals surface area contributed by atoms with E-state index in [0.29, 0.717) is 0 Å². The minimum absolute atomic E-state index is 0.0957. The Kier molecular flexibility index (Phi) is 4.97. The van der Waals surface area contributed by atoms with Crippen LogP contribution in [0.1, 0.15) is 43.5 Å². The van der Waals surface area contributed by atoms with Gasteiger partial charge in [-0.05, 0) is 63.5 Å². The zero-order chi connectivity index (χ0) is 13.7. The summed E-state index contributed by atoms with van der Waals surface area (Å²) in [5, 5.41) is 0. The van der Waals surface area contributed by atoms with Gasteiger partial charge in [0.25, 0.3) is 0 Å². The Balaban J connectivity index is 1.91. The van der Waals surface area contributed by atoms with E-state index in [1.165, 1.54) is 19.4 Å². The molecular formula is C16H23NO2. The molecule has 3 nitrogen and oxygen atoms in total. The Bertz CT molecular complexity index is 411. The predicted octanol–water partition coefficient (Wildman–Crippen LogP) is 3.14. The molecule has 19 heavy (non-hydrogen) atoms. The average molecular weight is 261 g/mol. The van der Waals surface area contributed by atoms with Gasteiger partial charge in [-0.1, -0.05) is 6.92 Å². The van der Waals surface area contributed by atoms with Gasteiger partial charge < -0.3 is 4.74 Å². The van der Waals surface area contributed by atoms with Crippen molar-refractivity contribution in [2.24, 2.45) is 0 Å². The zero-order valence-corrected chi connectivity index (χ0v) is 11.9. The second-order valence-electron chi connectivity index (χ2n) is 5.26. The van der Waals surface area contributed by atoms with Crippen molar-refractivity contribution >= 4 is 5.78 Å². The first-order valence-electron chi connectivity index (χ1n) is 7.19. The van der Waals surface area contributed by atoms with Gasteiger partial charge in [-0.25, -0.2) is 0 Å². The van der Waals surface area contributed by atoms with Crippen LogP contribution >= 0.6 is 0 Å². The number of carbonyl (C=O) groups excluding carboxylic acids is 1. The fourth-order valence-electron chi connectivity index (χ4n) is 2.59. The molecule has 1 heterocycles. The third kappa shape index (κ3) is 4.06. The van der Waals surface area contributed by atoms with Crippen molar-refractivity contribution in [1.82, 2.24) is 4.90 Å². The van der Waals surface area contributed by atoms with Crippen LogP contribution in [0.5, 0.6) is 5.75 Å². The van der Waals surface area contributed by atoms with Crippen LogP contribution in [-0.2, 0) is 0 Å². The van der Waals surface area contributed by atoms with Gasteiger partial charge >= 0.3 is 0 Å². The molecule has 0 N–H and O–H groups in total. The Hall–Kier alpha value is -1.35. The van der Waals surface area contributed by atoms with Crippen molar-refractivity contribution < 1.29 is 9.53 Å². The molecule has 2 rings (SSSR count). The van der Waals surface area contributed by atoms with E-state index in [2.05, 4.69) is 11.8 Å². The van der Waals surface area contributed by atoms with Crippen molar-refractivity contribution in [1.29, 1.82) is 0 Å². The van der Waals surface area contributed by atoms with E-state index < -0.39 is 0 Å². The van der Waals surface area contributed by atoms with Crippen LogP contribution in [0.15, 0.2) is 24.3 Å². The molecule has 0 aromatic heterocycles. The summed E-state index contributed by atoms with van der Waals surface area (Å²) in [6, 6.07) is 7.47. The standard InChI is InChI=1S/C16H23NO2/c1-3-10-17-11-4-5-16(12-17)19-15-8-6-14(7-9-15)13(2)18/h6-9,16H,3-5,10-12H2,1-2H3. The molecule has 0 bridgehead atoms.